The molecule has 2 aromatic heterocycles. The Labute approximate surface area is 155 Å². The van der Waals surface area contributed by atoms with Crippen molar-refractivity contribution < 1.29 is 9.32 Å². The molecule has 26 heavy (non-hydrogen) atoms. The molecule has 0 radical (unpaired) electrons. The van der Waals surface area contributed by atoms with Crippen LogP contribution < -0.4 is 5.73 Å². The zero-order valence-corrected chi connectivity index (χ0v) is 15.2. The number of fused-ring (bicyclic) bond motifs is 1. The average Bonchev–Trinajstić information content (AvgIpc) is 3.27. The van der Waals surface area contributed by atoms with Crippen LogP contribution in [0.5, 0.6) is 0 Å². The molecule has 1 aromatic carbocycles. The maximum Gasteiger partial charge on any atom is 0.259 e. The van der Waals surface area contributed by atoms with Crippen LogP contribution in [0.25, 0.3) is 22.4 Å². The van der Waals surface area contributed by atoms with E-state index in [0.717, 1.165) is 12.0 Å². The van der Waals surface area contributed by atoms with Gasteiger partial charge < -0.3 is 15.2 Å². The van der Waals surface area contributed by atoms with Gasteiger partial charge >= 0.3 is 0 Å². The zero-order valence-electron chi connectivity index (χ0n) is 14.4. The van der Waals surface area contributed by atoms with Gasteiger partial charge in [0.05, 0.1) is 22.3 Å². The Kier molecular flexibility index (Phi) is 4.38. The average molecular weight is 371 g/mol. The van der Waals surface area contributed by atoms with E-state index in [1.54, 1.807) is 12.1 Å². The highest BCUT2D eigenvalue weighted by Gasteiger charge is 2.29. The zero-order chi connectivity index (χ0) is 18.3. The summed E-state index contributed by atoms with van der Waals surface area (Å²) in [6.07, 6.45) is 0.931. The minimum Gasteiger partial charge on any atom is -0.338 e. The maximum absolute atomic E-state index is 13.2. The number of halogens is 1. The van der Waals surface area contributed by atoms with E-state index >= 15 is 0 Å². The summed E-state index contributed by atoms with van der Waals surface area (Å²) in [5.74, 6) is 0.315. The molecule has 3 heterocycles. The van der Waals surface area contributed by atoms with Gasteiger partial charge in [0.15, 0.2) is 0 Å². The monoisotopic (exact) mass is 370 g/mol. The van der Waals surface area contributed by atoms with Crippen molar-refractivity contribution in [1.29, 1.82) is 0 Å². The van der Waals surface area contributed by atoms with Gasteiger partial charge in [-0.3, -0.25) is 4.79 Å². The normalized spacial score (nSPS) is 17.2. The number of carbonyl (C=O) groups is 1. The second kappa shape index (κ2) is 6.70. The molecule has 0 unspecified atom stereocenters. The van der Waals surface area contributed by atoms with Crippen LogP contribution in [0.3, 0.4) is 0 Å². The van der Waals surface area contributed by atoms with E-state index in [4.69, 9.17) is 21.9 Å². The number of aryl methyl sites for hydroxylation is 1. The summed E-state index contributed by atoms with van der Waals surface area (Å²) < 4.78 is 5.35. The van der Waals surface area contributed by atoms with Crippen molar-refractivity contribution >= 4 is 28.6 Å². The van der Waals surface area contributed by atoms with Gasteiger partial charge in [0.2, 0.25) is 0 Å². The number of hydrogen-bond acceptors (Lipinski definition) is 5. The molecule has 1 fully saturated rings. The van der Waals surface area contributed by atoms with Crippen LogP contribution in [0.1, 0.15) is 22.5 Å². The predicted octanol–water partition coefficient (Wildman–Crippen LogP) is 3.27. The first-order valence-corrected chi connectivity index (χ1v) is 8.97. The lowest BCUT2D eigenvalue weighted by atomic mass is 10.0. The standard InChI is InChI=1S/C19H19ClN4O2/c1-11-17-15(19(25)24-6-5-12(9-21)10-24)8-16(22-18(17)26-23-11)13-3-2-4-14(20)7-13/h2-4,7-8,12H,5-6,9-10,21H2,1H3/t12-/m0/s1. The highest BCUT2D eigenvalue weighted by atomic mass is 35.5. The van der Waals surface area contributed by atoms with E-state index in [1.165, 1.54) is 0 Å². The third-order valence-corrected chi connectivity index (χ3v) is 5.11. The van der Waals surface area contributed by atoms with E-state index in [1.807, 2.05) is 30.0 Å². The van der Waals surface area contributed by atoms with Crippen LogP contribution in [0, 0.1) is 12.8 Å². The number of aromatic nitrogens is 2. The fourth-order valence-electron chi connectivity index (χ4n) is 3.44. The second-order valence-corrected chi connectivity index (χ2v) is 7.09. The number of rotatable bonds is 3. The molecule has 3 aromatic rings. The molecule has 1 aliphatic rings. The Morgan fingerprint density at radius 1 is 1.42 bits per heavy atom. The van der Waals surface area contributed by atoms with Crippen molar-refractivity contribution in [3.63, 3.8) is 0 Å². The van der Waals surface area contributed by atoms with Crippen molar-refractivity contribution in [2.45, 2.75) is 13.3 Å². The number of likely N-dealkylation sites (tertiary alicyclic amines) is 1. The number of benzene rings is 1. The summed E-state index contributed by atoms with van der Waals surface area (Å²) in [7, 11) is 0. The van der Waals surface area contributed by atoms with Gasteiger partial charge in [-0.1, -0.05) is 28.9 Å². The first-order valence-electron chi connectivity index (χ1n) is 8.59. The summed E-state index contributed by atoms with van der Waals surface area (Å²) in [5.41, 5.74) is 8.79. The lowest BCUT2D eigenvalue weighted by Crippen LogP contribution is -2.30. The summed E-state index contributed by atoms with van der Waals surface area (Å²) in [6, 6.07) is 9.16. The molecule has 1 aliphatic heterocycles. The summed E-state index contributed by atoms with van der Waals surface area (Å²) in [4.78, 5) is 19.6. The van der Waals surface area contributed by atoms with Crippen LogP contribution >= 0.6 is 11.6 Å². The smallest absolute Gasteiger partial charge is 0.259 e. The maximum atomic E-state index is 13.2. The number of amides is 1. The Morgan fingerprint density at radius 2 is 2.27 bits per heavy atom. The first-order chi connectivity index (χ1) is 12.6. The predicted molar refractivity (Wildman–Crippen MR) is 100 cm³/mol. The Bertz CT molecular complexity index is 985. The van der Waals surface area contributed by atoms with Gasteiger partial charge in [0.25, 0.3) is 11.6 Å². The van der Waals surface area contributed by atoms with Gasteiger partial charge in [-0.25, -0.2) is 4.98 Å². The molecule has 0 aliphatic carbocycles. The molecule has 6 nitrogen and oxygen atoms in total. The third kappa shape index (κ3) is 2.95. The largest absolute Gasteiger partial charge is 0.338 e. The minimum atomic E-state index is -0.0390. The number of pyridine rings is 1. The highest BCUT2D eigenvalue weighted by Crippen LogP contribution is 2.30. The van der Waals surface area contributed by atoms with E-state index in [-0.39, 0.29) is 5.91 Å². The summed E-state index contributed by atoms with van der Waals surface area (Å²) in [5, 5.41) is 5.27. The van der Waals surface area contributed by atoms with Gasteiger partial charge in [-0.05, 0) is 44.0 Å². The van der Waals surface area contributed by atoms with Gasteiger partial charge in [-0.15, -0.1) is 0 Å². The van der Waals surface area contributed by atoms with Gasteiger partial charge in [0, 0.05) is 23.7 Å². The first kappa shape index (κ1) is 17.0. The van der Waals surface area contributed by atoms with Crippen molar-refractivity contribution in [2.75, 3.05) is 19.6 Å². The highest BCUT2D eigenvalue weighted by molar-refractivity contribution is 6.30. The van der Waals surface area contributed by atoms with E-state index in [9.17, 15) is 4.79 Å². The van der Waals surface area contributed by atoms with Gasteiger partial charge in [-0.2, -0.15) is 0 Å². The number of nitrogens with zero attached hydrogens (tertiary/aromatic N) is 3. The molecule has 1 amide bonds. The van der Waals surface area contributed by atoms with E-state index in [0.29, 0.717) is 58.6 Å². The number of hydrogen-bond donors (Lipinski definition) is 1. The van der Waals surface area contributed by atoms with Crippen molar-refractivity contribution in [3.05, 3.63) is 46.6 Å². The molecule has 4 rings (SSSR count). The molecule has 0 spiro atoms. The fourth-order valence-corrected chi connectivity index (χ4v) is 3.63. The number of carbonyl (C=O) groups excluding carboxylic acids is 1. The SMILES string of the molecule is Cc1noc2nc(-c3cccc(Cl)c3)cc(C(=O)N3CC[C@@H](CN)C3)c12. The molecule has 1 saturated heterocycles. The lowest BCUT2D eigenvalue weighted by Gasteiger charge is -2.17. The van der Waals surface area contributed by atoms with E-state index < -0.39 is 0 Å². The van der Waals surface area contributed by atoms with Crippen LogP contribution in [-0.2, 0) is 0 Å². The molecule has 1 atom stereocenters. The fraction of sp³-hybridized carbons (Fsp3) is 0.316. The molecular formula is C19H19ClN4O2. The van der Waals surface area contributed by atoms with Crippen molar-refractivity contribution in [2.24, 2.45) is 11.7 Å². The molecular weight excluding hydrogens is 352 g/mol. The van der Waals surface area contributed by atoms with Crippen molar-refractivity contribution in [1.82, 2.24) is 15.0 Å². The van der Waals surface area contributed by atoms with Crippen LogP contribution in [0.15, 0.2) is 34.9 Å². The summed E-state index contributed by atoms with van der Waals surface area (Å²) >= 11 is 6.10. The Morgan fingerprint density at radius 3 is 3.00 bits per heavy atom. The molecule has 7 heteroatoms. The minimum absolute atomic E-state index is 0.0390. The third-order valence-electron chi connectivity index (χ3n) is 4.87. The molecule has 0 bridgehead atoms. The second-order valence-electron chi connectivity index (χ2n) is 6.66. The molecule has 2 N–H and O–H groups in total. The van der Waals surface area contributed by atoms with Crippen LogP contribution in [0.2, 0.25) is 5.02 Å². The topological polar surface area (TPSA) is 85.2 Å². The lowest BCUT2D eigenvalue weighted by molar-refractivity contribution is 0.0789. The van der Waals surface area contributed by atoms with Gasteiger partial charge in [0.1, 0.15) is 0 Å². The quantitative estimate of drug-likeness (QED) is 0.764. The summed E-state index contributed by atoms with van der Waals surface area (Å²) in [6.45, 7) is 3.79. The molecule has 0 saturated carbocycles. The Balaban J connectivity index is 1.82. The molecule has 134 valence electrons. The Hall–Kier alpha value is -2.44. The van der Waals surface area contributed by atoms with Crippen LogP contribution in [0.4, 0.5) is 0 Å². The van der Waals surface area contributed by atoms with Crippen molar-refractivity contribution in [3.8, 4) is 11.3 Å². The van der Waals surface area contributed by atoms with Crippen LogP contribution in [-0.4, -0.2) is 40.6 Å². The van der Waals surface area contributed by atoms with E-state index in [2.05, 4.69) is 10.1 Å². The number of nitrogens with two attached hydrogens (primary N) is 1.